The van der Waals surface area contributed by atoms with Crippen LogP contribution in [0.1, 0.15) is 26.7 Å². The van der Waals surface area contributed by atoms with Crippen LogP contribution in [-0.2, 0) is 0 Å². The van der Waals surface area contributed by atoms with E-state index in [9.17, 15) is 5.11 Å². The van der Waals surface area contributed by atoms with E-state index in [0.717, 1.165) is 26.2 Å². The fourth-order valence-electron chi connectivity index (χ4n) is 2.50. The molecule has 2 unspecified atom stereocenters. The molecule has 17 heavy (non-hydrogen) atoms. The molecule has 1 heterocycles. The molecule has 0 aliphatic carbocycles. The molecule has 0 radical (unpaired) electrons. The van der Waals surface area contributed by atoms with E-state index in [1.807, 2.05) is 0 Å². The van der Waals surface area contributed by atoms with Crippen molar-refractivity contribution < 1.29 is 5.11 Å². The first kappa shape index (κ1) is 14.9. The molecule has 2 N–H and O–H groups in total. The molecular weight excluding hydrogens is 214 g/mol. The zero-order valence-electron chi connectivity index (χ0n) is 11.7. The second kappa shape index (κ2) is 8.03. The summed E-state index contributed by atoms with van der Waals surface area (Å²) in [6, 6.07) is 0.663. The minimum atomic E-state index is -0.249. The van der Waals surface area contributed by atoms with Gasteiger partial charge in [-0.3, -0.25) is 0 Å². The fraction of sp³-hybridized carbons (Fsp3) is 1.00. The third-order valence-electron chi connectivity index (χ3n) is 3.79. The second-order valence-corrected chi connectivity index (χ2v) is 5.07. The van der Waals surface area contributed by atoms with E-state index in [2.05, 4.69) is 36.0 Å². The highest BCUT2D eigenvalue weighted by Crippen LogP contribution is 2.13. The third kappa shape index (κ3) is 5.34. The Kier molecular flexibility index (Phi) is 7.04. The van der Waals surface area contributed by atoms with E-state index in [1.54, 1.807) is 0 Å². The van der Waals surface area contributed by atoms with Crippen LogP contribution >= 0.6 is 0 Å². The van der Waals surface area contributed by atoms with Crippen molar-refractivity contribution in [2.45, 2.75) is 38.8 Å². The molecule has 0 aromatic rings. The zero-order chi connectivity index (χ0) is 12.7. The standard InChI is InChI=1S/C13H29N3O/c1-4-16(5-2)11-13(17)10-14-9-12-7-6-8-15(12)3/h12-14,17H,4-11H2,1-3H3. The molecule has 1 rings (SSSR count). The van der Waals surface area contributed by atoms with Crippen molar-refractivity contribution in [3.63, 3.8) is 0 Å². The Hall–Kier alpha value is -0.160. The predicted molar refractivity (Wildman–Crippen MR) is 72.3 cm³/mol. The molecule has 0 bridgehead atoms. The summed E-state index contributed by atoms with van der Waals surface area (Å²) < 4.78 is 0. The van der Waals surface area contributed by atoms with Gasteiger partial charge < -0.3 is 20.2 Å². The van der Waals surface area contributed by atoms with Gasteiger partial charge in [0.25, 0.3) is 0 Å². The average molecular weight is 243 g/mol. The number of nitrogens with one attached hydrogen (secondary N) is 1. The largest absolute Gasteiger partial charge is 0.390 e. The Morgan fingerprint density at radius 3 is 2.65 bits per heavy atom. The smallest absolute Gasteiger partial charge is 0.0791 e. The van der Waals surface area contributed by atoms with Crippen molar-refractivity contribution in [3.05, 3.63) is 0 Å². The van der Waals surface area contributed by atoms with Crippen molar-refractivity contribution in [2.75, 3.05) is 46.3 Å². The monoisotopic (exact) mass is 243 g/mol. The first-order valence-electron chi connectivity index (χ1n) is 6.98. The number of aliphatic hydroxyl groups is 1. The van der Waals surface area contributed by atoms with Gasteiger partial charge in [0.1, 0.15) is 0 Å². The number of hydrogen-bond donors (Lipinski definition) is 2. The fourth-order valence-corrected chi connectivity index (χ4v) is 2.50. The van der Waals surface area contributed by atoms with Crippen LogP contribution in [0.2, 0.25) is 0 Å². The summed E-state index contributed by atoms with van der Waals surface area (Å²) >= 11 is 0. The van der Waals surface area contributed by atoms with Gasteiger partial charge in [-0.1, -0.05) is 13.8 Å². The molecule has 1 fully saturated rings. The van der Waals surface area contributed by atoms with Gasteiger partial charge in [0, 0.05) is 25.7 Å². The lowest BCUT2D eigenvalue weighted by Crippen LogP contribution is -2.42. The Morgan fingerprint density at radius 1 is 1.41 bits per heavy atom. The third-order valence-corrected chi connectivity index (χ3v) is 3.79. The minimum absolute atomic E-state index is 0.249. The minimum Gasteiger partial charge on any atom is -0.390 e. The van der Waals surface area contributed by atoms with Gasteiger partial charge in [-0.15, -0.1) is 0 Å². The van der Waals surface area contributed by atoms with Crippen LogP contribution in [0.4, 0.5) is 0 Å². The number of rotatable bonds is 8. The normalized spacial score (nSPS) is 23.5. The van der Waals surface area contributed by atoms with Gasteiger partial charge in [0.05, 0.1) is 6.10 Å². The number of hydrogen-bond acceptors (Lipinski definition) is 4. The molecule has 0 saturated carbocycles. The summed E-state index contributed by atoms with van der Waals surface area (Å²) in [5.41, 5.74) is 0. The van der Waals surface area contributed by atoms with E-state index in [4.69, 9.17) is 0 Å². The Balaban J connectivity index is 2.09. The number of aliphatic hydroxyl groups excluding tert-OH is 1. The molecule has 1 aliphatic rings. The second-order valence-electron chi connectivity index (χ2n) is 5.07. The van der Waals surface area contributed by atoms with Crippen LogP contribution in [0.5, 0.6) is 0 Å². The Labute approximate surface area is 106 Å². The molecular formula is C13H29N3O. The maximum atomic E-state index is 9.90. The topological polar surface area (TPSA) is 38.7 Å². The van der Waals surface area contributed by atoms with E-state index in [1.165, 1.54) is 19.4 Å². The van der Waals surface area contributed by atoms with Crippen LogP contribution in [0, 0.1) is 0 Å². The molecule has 1 aliphatic heterocycles. The maximum Gasteiger partial charge on any atom is 0.0791 e. The highest BCUT2D eigenvalue weighted by Gasteiger charge is 2.20. The molecule has 0 spiro atoms. The van der Waals surface area contributed by atoms with Crippen molar-refractivity contribution >= 4 is 0 Å². The zero-order valence-corrected chi connectivity index (χ0v) is 11.7. The van der Waals surface area contributed by atoms with Gasteiger partial charge in [-0.05, 0) is 39.5 Å². The van der Waals surface area contributed by atoms with E-state index < -0.39 is 0 Å². The summed E-state index contributed by atoms with van der Waals surface area (Å²) in [5.74, 6) is 0. The van der Waals surface area contributed by atoms with E-state index >= 15 is 0 Å². The highest BCUT2D eigenvalue weighted by atomic mass is 16.3. The number of nitrogens with zero attached hydrogens (tertiary/aromatic N) is 2. The quantitative estimate of drug-likeness (QED) is 0.646. The van der Waals surface area contributed by atoms with E-state index in [0.29, 0.717) is 12.6 Å². The molecule has 1 saturated heterocycles. The van der Waals surface area contributed by atoms with Crippen LogP contribution in [0.15, 0.2) is 0 Å². The first-order chi connectivity index (χ1) is 8.17. The van der Waals surface area contributed by atoms with Crippen molar-refractivity contribution in [3.8, 4) is 0 Å². The lowest BCUT2D eigenvalue weighted by atomic mass is 10.2. The van der Waals surface area contributed by atoms with Crippen LogP contribution < -0.4 is 5.32 Å². The summed E-state index contributed by atoms with van der Waals surface area (Å²) in [5, 5.41) is 13.3. The Morgan fingerprint density at radius 2 is 2.12 bits per heavy atom. The van der Waals surface area contributed by atoms with E-state index in [-0.39, 0.29) is 6.10 Å². The molecule has 4 heteroatoms. The van der Waals surface area contributed by atoms with Gasteiger partial charge in [-0.2, -0.15) is 0 Å². The SMILES string of the molecule is CCN(CC)CC(O)CNCC1CCCN1C. The van der Waals surface area contributed by atoms with Crippen molar-refractivity contribution in [2.24, 2.45) is 0 Å². The van der Waals surface area contributed by atoms with Gasteiger partial charge in [0.15, 0.2) is 0 Å². The van der Waals surface area contributed by atoms with Gasteiger partial charge in [0.2, 0.25) is 0 Å². The first-order valence-corrected chi connectivity index (χ1v) is 6.98. The summed E-state index contributed by atoms with van der Waals surface area (Å²) in [6.07, 6.45) is 2.35. The molecule has 0 amide bonds. The summed E-state index contributed by atoms with van der Waals surface area (Å²) in [6.45, 7) is 10.0. The number of likely N-dealkylation sites (N-methyl/N-ethyl adjacent to an activating group) is 2. The van der Waals surface area contributed by atoms with Gasteiger partial charge in [-0.25, -0.2) is 0 Å². The summed E-state index contributed by atoms with van der Waals surface area (Å²) in [4.78, 5) is 4.66. The predicted octanol–water partition coefficient (Wildman–Crippen LogP) is 0.373. The molecule has 2 atom stereocenters. The average Bonchev–Trinajstić information content (AvgIpc) is 2.72. The molecule has 102 valence electrons. The van der Waals surface area contributed by atoms with Gasteiger partial charge >= 0.3 is 0 Å². The van der Waals surface area contributed by atoms with Crippen LogP contribution in [-0.4, -0.2) is 73.4 Å². The lowest BCUT2D eigenvalue weighted by molar-refractivity contribution is 0.115. The van der Waals surface area contributed by atoms with Crippen molar-refractivity contribution in [1.29, 1.82) is 0 Å². The number of likely N-dealkylation sites (tertiary alicyclic amines) is 1. The molecule has 0 aromatic carbocycles. The molecule has 4 nitrogen and oxygen atoms in total. The highest BCUT2D eigenvalue weighted by molar-refractivity contribution is 4.78. The van der Waals surface area contributed by atoms with Crippen LogP contribution in [0.25, 0.3) is 0 Å². The van der Waals surface area contributed by atoms with Crippen molar-refractivity contribution in [1.82, 2.24) is 15.1 Å². The van der Waals surface area contributed by atoms with Crippen LogP contribution in [0.3, 0.4) is 0 Å². The summed E-state index contributed by atoms with van der Waals surface area (Å²) in [7, 11) is 2.19. The maximum absolute atomic E-state index is 9.90. The Bertz CT molecular complexity index is 197. The lowest BCUT2D eigenvalue weighted by Gasteiger charge is -2.24. The molecule has 0 aromatic heterocycles.